The largest absolute Gasteiger partial charge is 1.00 e. The van der Waals surface area contributed by atoms with Gasteiger partial charge in [-0.2, -0.15) is 8.42 Å². The molecule has 8 heteroatoms. The SMILES string of the molecule is O=C1OC(Br)(S(=O)(=O)O)c2ccccc21.[H-].[Na+]. The second-order valence-electron chi connectivity index (χ2n) is 2.95. The number of fused-ring (bicyclic) bond motifs is 1. The van der Waals surface area contributed by atoms with E-state index in [9.17, 15) is 13.2 Å². The van der Waals surface area contributed by atoms with Gasteiger partial charge in [0.15, 0.2) is 0 Å². The van der Waals surface area contributed by atoms with E-state index in [-0.39, 0.29) is 42.1 Å². The maximum Gasteiger partial charge on any atom is 1.00 e. The van der Waals surface area contributed by atoms with Crippen LogP contribution in [0.25, 0.3) is 0 Å². The van der Waals surface area contributed by atoms with E-state index < -0.39 is 19.9 Å². The van der Waals surface area contributed by atoms with Crippen LogP contribution in [0.5, 0.6) is 0 Å². The fourth-order valence-corrected chi connectivity index (χ4v) is 2.47. The van der Waals surface area contributed by atoms with Crippen molar-refractivity contribution in [3.63, 3.8) is 0 Å². The minimum absolute atomic E-state index is 0. The summed E-state index contributed by atoms with van der Waals surface area (Å²) in [6.45, 7) is 0. The zero-order valence-electron chi connectivity index (χ0n) is 9.18. The molecular weight excluding hydrogens is 311 g/mol. The molecule has 1 atom stereocenters. The number of carbonyl (C=O) groups excluding carboxylic acids is 1. The summed E-state index contributed by atoms with van der Waals surface area (Å²) in [6, 6.07) is 5.93. The number of cyclic esters (lactones) is 1. The number of esters is 1. The van der Waals surface area contributed by atoms with Crippen LogP contribution in [0.4, 0.5) is 0 Å². The molecule has 0 radical (unpaired) electrons. The Bertz CT molecular complexity index is 549. The molecule has 0 aromatic heterocycles. The summed E-state index contributed by atoms with van der Waals surface area (Å²) in [6.07, 6.45) is 0. The number of alkyl halides is 1. The Morgan fingerprint density at radius 1 is 1.38 bits per heavy atom. The zero-order chi connectivity index (χ0) is 11.3. The summed E-state index contributed by atoms with van der Waals surface area (Å²) in [5.41, 5.74) is 0.199. The van der Waals surface area contributed by atoms with E-state index in [1.807, 2.05) is 0 Å². The number of ether oxygens (including phenoxy) is 1. The Kier molecular flexibility index (Phi) is 3.88. The van der Waals surface area contributed by atoms with Gasteiger partial charge in [0.05, 0.1) is 5.56 Å². The first kappa shape index (κ1) is 14.1. The van der Waals surface area contributed by atoms with Crippen LogP contribution in [-0.2, 0) is 18.7 Å². The predicted octanol–water partition coefficient (Wildman–Crippen LogP) is -1.63. The van der Waals surface area contributed by atoms with E-state index in [1.165, 1.54) is 12.1 Å². The van der Waals surface area contributed by atoms with E-state index in [0.717, 1.165) is 0 Å². The summed E-state index contributed by atoms with van der Waals surface area (Å²) < 4.78 is 33.6. The van der Waals surface area contributed by atoms with Crippen molar-refractivity contribution in [2.45, 2.75) is 3.84 Å². The van der Waals surface area contributed by atoms with E-state index in [2.05, 4.69) is 20.7 Å². The molecule has 1 aliphatic heterocycles. The maximum atomic E-state index is 11.3. The standard InChI is InChI=1S/C8H5BrO5S.Na.H/c9-8(15(11,12)13)6-4-2-1-3-5(6)7(10)14-8;;/h1-4H,(H,11,12,13);;/q;+1;-1. The van der Waals surface area contributed by atoms with Crippen LogP contribution in [0.2, 0.25) is 0 Å². The maximum absolute atomic E-state index is 11.3. The van der Waals surface area contributed by atoms with Crippen molar-refractivity contribution in [3.8, 4) is 0 Å². The van der Waals surface area contributed by atoms with Crippen molar-refractivity contribution < 1.29 is 53.5 Å². The van der Waals surface area contributed by atoms with Gasteiger partial charge in [-0.1, -0.05) is 18.2 Å². The summed E-state index contributed by atoms with van der Waals surface area (Å²) >= 11 is 2.72. The van der Waals surface area contributed by atoms with Crippen molar-refractivity contribution in [1.29, 1.82) is 0 Å². The third kappa shape index (κ3) is 1.96. The van der Waals surface area contributed by atoms with Crippen LogP contribution < -0.4 is 29.6 Å². The van der Waals surface area contributed by atoms with Gasteiger partial charge in [-0.25, -0.2) is 4.79 Å². The van der Waals surface area contributed by atoms with Gasteiger partial charge in [0.2, 0.25) is 0 Å². The zero-order valence-corrected chi connectivity index (χ0v) is 12.6. The number of rotatable bonds is 1. The fraction of sp³-hybridized carbons (Fsp3) is 0.125. The Labute approximate surface area is 124 Å². The fourth-order valence-electron chi connectivity index (χ4n) is 1.34. The molecule has 1 aromatic carbocycles. The van der Waals surface area contributed by atoms with E-state index in [4.69, 9.17) is 4.55 Å². The molecule has 5 nitrogen and oxygen atoms in total. The van der Waals surface area contributed by atoms with E-state index in [0.29, 0.717) is 0 Å². The molecule has 82 valence electrons. The molecule has 0 fully saturated rings. The molecule has 1 N–H and O–H groups in total. The third-order valence-corrected chi connectivity index (χ3v) is 4.81. The van der Waals surface area contributed by atoms with E-state index in [1.54, 1.807) is 12.1 Å². The number of hydrogen-bond donors (Lipinski definition) is 1. The van der Waals surface area contributed by atoms with Crippen LogP contribution in [-0.4, -0.2) is 18.9 Å². The second-order valence-corrected chi connectivity index (χ2v) is 6.11. The molecule has 0 amide bonds. The average molecular weight is 317 g/mol. The van der Waals surface area contributed by atoms with Crippen LogP contribution in [0.15, 0.2) is 24.3 Å². The van der Waals surface area contributed by atoms with Crippen LogP contribution in [0.3, 0.4) is 0 Å². The van der Waals surface area contributed by atoms with E-state index >= 15 is 0 Å². The minimum Gasteiger partial charge on any atom is -1.00 e. The quantitative estimate of drug-likeness (QED) is 0.291. The van der Waals surface area contributed by atoms with Gasteiger partial charge in [-0.15, -0.1) is 0 Å². The first-order valence-corrected chi connectivity index (χ1v) is 6.08. The summed E-state index contributed by atoms with van der Waals surface area (Å²) in [5, 5.41) is 0. The Balaban J connectivity index is 0.00000128. The first-order chi connectivity index (χ1) is 6.86. The molecule has 0 bridgehead atoms. The summed E-state index contributed by atoms with van der Waals surface area (Å²) in [5.74, 6) is -0.792. The molecule has 1 unspecified atom stereocenters. The topological polar surface area (TPSA) is 80.7 Å². The number of hydrogen-bond acceptors (Lipinski definition) is 4. The van der Waals surface area contributed by atoms with Crippen molar-refractivity contribution in [2.75, 3.05) is 0 Å². The smallest absolute Gasteiger partial charge is 1.00 e. The van der Waals surface area contributed by atoms with Gasteiger partial charge >= 0.3 is 49.5 Å². The minimum atomic E-state index is -4.57. The van der Waals surface area contributed by atoms with Gasteiger partial charge in [0.1, 0.15) is 0 Å². The third-order valence-electron chi connectivity index (χ3n) is 2.02. The molecule has 1 aromatic rings. The number of benzene rings is 1. The van der Waals surface area contributed by atoms with Crippen molar-refractivity contribution in [2.24, 2.45) is 0 Å². The van der Waals surface area contributed by atoms with Crippen molar-refractivity contribution in [3.05, 3.63) is 35.4 Å². The molecule has 2 rings (SSSR count). The monoisotopic (exact) mass is 316 g/mol. The van der Waals surface area contributed by atoms with Crippen molar-refractivity contribution in [1.82, 2.24) is 0 Å². The van der Waals surface area contributed by atoms with Crippen LogP contribution >= 0.6 is 15.9 Å². The second kappa shape index (κ2) is 4.40. The van der Waals surface area contributed by atoms with Gasteiger partial charge in [0, 0.05) is 5.56 Å². The number of halogens is 1. The Morgan fingerprint density at radius 3 is 2.50 bits per heavy atom. The molecular formula is C8H6BrNaO5S. The van der Waals surface area contributed by atoms with Gasteiger partial charge in [-0.05, 0) is 22.0 Å². The molecule has 0 spiro atoms. The molecule has 16 heavy (non-hydrogen) atoms. The van der Waals surface area contributed by atoms with Crippen LogP contribution in [0.1, 0.15) is 17.3 Å². The normalized spacial score (nSPS) is 23.2. The van der Waals surface area contributed by atoms with Gasteiger partial charge in [-0.3, -0.25) is 4.55 Å². The first-order valence-electron chi connectivity index (χ1n) is 3.85. The molecule has 0 aliphatic carbocycles. The Morgan fingerprint density at radius 2 is 1.94 bits per heavy atom. The van der Waals surface area contributed by atoms with Gasteiger partial charge in [0.25, 0.3) is 0 Å². The van der Waals surface area contributed by atoms with Crippen molar-refractivity contribution >= 4 is 32.0 Å². The van der Waals surface area contributed by atoms with Gasteiger partial charge < -0.3 is 6.16 Å². The molecule has 0 saturated heterocycles. The molecule has 1 heterocycles. The summed E-state index contributed by atoms with van der Waals surface area (Å²) in [4.78, 5) is 11.3. The summed E-state index contributed by atoms with van der Waals surface area (Å²) in [7, 11) is -4.57. The predicted molar refractivity (Wildman–Crippen MR) is 55.1 cm³/mol. The molecule has 1 aliphatic rings. The number of carbonyl (C=O) groups is 1. The molecule has 0 saturated carbocycles. The Hall–Kier alpha value is 0.0800. The van der Waals surface area contributed by atoms with Crippen LogP contribution in [0, 0.1) is 0 Å². The average Bonchev–Trinajstić information content (AvgIpc) is 2.41.